The topological polar surface area (TPSA) is 271 Å². The normalized spacial score (nSPS) is 16.6. The van der Waals surface area contributed by atoms with Crippen LogP contribution in [0.5, 0.6) is 0 Å². The average Bonchev–Trinajstić information content (AvgIpc) is 3.62. The second kappa shape index (κ2) is 17.3. The van der Waals surface area contributed by atoms with Gasteiger partial charge in [-0.3, -0.25) is 14.4 Å². The monoisotopic (exact) mass is 733 g/mol. The van der Waals surface area contributed by atoms with E-state index in [9.17, 15) is 34.2 Å². The quantitative estimate of drug-likeness (QED) is 0.0908. The third kappa shape index (κ3) is 9.06. The zero-order chi connectivity index (χ0) is 36.2. The molecule has 6 rings (SSSR count). The predicted molar refractivity (Wildman–Crippen MR) is 196 cm³/mol. The molecule has 0 aromatic heterocycles. The number of nitrogens with one attached hydrogen (secondary N) is 1. The zero-order valence-electron chi connectivity index (χ0n) is 28.1. The van der Waals surface area contributed by atoms with Crippen LogP contribution in [0.4, 0.5) is 39.8 Å². The molecule has 0 aliphatic carbocycles. The number of carboxylic acids is 2. The summed E-state index contributed by atoms with van der Waals surface area (Å²) in [6.07, 6.45) is 0. The summed E-state index contributed by atoms with van der Waals surface area (Å²) in [6, 6.07) is 21.3. The fourth-order valence-electron chi connectivity index (χ4n) is 4.91. The molecule has 3 amide bonds. The number of carboxylic acid groups (broad SMARTS) is 2. The zero-order valence-corrected chi connectivity index (χ0v) is 32.1. The molecule has 0 spiro atoms. The van der Waals surface area contributed by atoms with Crippen LogP contribution in [0.25, 0.3) is 0 Å². The Morgan fingerprint density at radius 2 is 1.09 bits per heavy atom. The molecule has 2 atom stereocenters. The molecule has 4 aromatic rings. The van der Waals surface area contributed by atoms with E-state index in [-0.39, 0.29) is 93.1 Å². The molecule has 2 radical (unpaired) electrons. The minimum Gasteiger partial charge on any atom is -0.477 e. The summed E-state index contributed by atoms with van der Waals surface area (Å²) in [5, 5.41) is 47.5. The number of rotatable bonds is 10. The number of carbonyl (C=O) groups is 5. The van der Waals surface area contributed by atoms with E-state index >= 15 is 0 Å². The summed E-state index contributed by atoms with van der Waals surface area (Å²) in [5.41, 5.74) is 12.5. The van der Waals surface area contributed by atoms with E-state index in [4.69, 9.17) is 11.5 Å². The van der Waals surface area contributed by atoms with Crippen molar-refractivity contribution >= 4 is 140 Å². The van der Waals surface area contributed by atoms with Gasteiger partial charge in [-0.25, -0.2) is 9.59 Å². The summed E-state index contributed by atoms with van der Waals surface area (Å²) in [6.45, 7) is 0. The molecule has 7 N–H and O–H groups in total. The number of hydrogen-bond acceptors (Lipinski definition) is 13. The average molecular weight is 734 g/mol. The van der Waals surface area contributed by atoms with Crippen molar-refractivity contribution < 1.29 is 34.2 Å². The van der Waals surface area contributed by atoms with Crippen molar-refractivity contribution in [3.8, 4) is 0 Å². The minimum atomic E-state index is -1.55. The Bertz CT molecular complexity index is 2250. The first kappa shape index (κ1) is 40.1. The van der Waals surface area contributed by atoms with Gasteiger partial charge in [-0.2, -0.15) is 40.7 Å². The van der Waals surface area contributed by atoms with Crippen molar-refractivity contribution in [3.05, 3.63) is 103 Å². The number of aliphatic carboxylic acids is 2. The number of nitrogens with zero attached hydrogens (tertiary/aromatic N) is 8. The minimum absolute atomic E-state index is 0. The Morgan fingerprint density at radius 3 is 1.57 bits per heavy atom. The Morgan fingerprint density at radius 1 is 0.642 bits per heavy atom. The van der Waals surface area contributed by atoms with E-state index in [1.807, 2.05) is 0 Å². The first-order valence-corrected chi connectivity index (χ1v) is 14.8. The third-order valence-electron chi connectivity index (χ3n) is 7.28. The van der Waals surface area contributed by atoms with Crippen LogP contribution in [0.15, 0.2) is 128 Å². The molecule has 2 aliphatic rings. The van der Waals surface area contributed by atoms with E-state index in [1.165, 1.54) is 54.6 Å². The molecule has 0 saturated heterocycles. The van der Waals surface area contributed by atoms with Crippen LogP contribution >= 0.6 is 0 Å². The van der Waals surface area contributed by atoms with Gasteiger partial charge in [0.2, 0.25) is 12.1 Å². The van der Waals surface area contributed by atoms with Crippen LogP contribution in [0, 0.1) is 0 Å². The molecule has 20 heteroatoms. The number of nitrogens with two attached hydrogens (primary N) is 2. The van der Waals surface area contributed by atoms with Gasteiger partial charge in [0.25, 0.3) is 17.7 Å². The van der Waals surface area contributed by atoms with Crippen LogP contribution in [0.3, 0.4) is 0 Å². The van der Waals surface area contributed by atoms with E-state index in [0.29, 0.717) is 11.4 Å². The van der Waals surface area contributed by atoms with Crippen LogP contribution < -0.4 is 26.8 Å². The molecular formula is C33H25N11Na2O7. The van der Waals surface area contributed by atoms with Crippen molar-refractivity contribution in [2.45, 2.75) is 12.1 Å². The summed E-state index contributed by atoms with van der Waals surface area (Å²) >= 11 is 0. The van der Waals surface area contributed by atoms with Crippen molar-refractivity contribution in [1.82, 2.24) is 0 Å². The van der Waals surface area contributed by atoms with Crippen molar-refractivity contribution in [2.75, 3.05) is 26.8 Å². The number of amides is 3. The fraction of sp³-hybridized carbons (Fsp3) is 0.0606. The molecule has 256 valence electrons. The van der Waals surface area contributed by atoms with Gasteiger partial charge in [-0.05, 0) is 72.8 Å². The maximum Gasteiger partial charge on any atom is 0.355 e. The number of nitrogen functional groups attached to an aromatic ring is 2. The fourth-order valence-corrected chi connectivity index (χ4v) is 4.91. The van der Waals surface area contributed by atoms with Gasteiger partial charge in [0.05, 0.1) is 22.7 Å². The number of anilines is 5. The van der Waals surface area contributed by atoms with Crippen LogP contribution in [0.1, 0.15) is 10.4 Å². The maximum atomic E-state index is 13.1. The first-order chi connectivity index (χ1) is 24.5. The van der Waals surface area contributed by atoms with Crippen molar-refractivity contribution in [2.24, 2.45) is 30.7 Å². The van der Waals surface area contributed by atoms with Crippen LogP contribution in [0.2, 0.25) is 0 Å². The number of azo groups is 2. The smallest absolute Gasteiger partial charge is 0.355 e. The molecule has 53 heavy (non-hydrogen) atoms. The van der Waals surface area contributed by atoms with E-state index in [2.05, 4.69) is 36.0 Å². The Kier molecular flexibility index (Phi) is 13.1. The third-order valence-corrected chi connectivity index (χ3v) is 7.28. The summed E-state index contributed by atoms with van der Waals surface area (Å²) in [5.74, 6) is -4.98. The Labute approximate surface area is 343 Å². The van der Waals surface area contributed by atoms with Crippen molar-refractivity contribution in [1.29, 1.82) is 0 Å². The molecule has 4 aromatic carbocycles. The largest absolute Gasteiger partial charge is 0.477 e. The molecular weight excluding hydrogens is 708 g/mol. The van der Waals surface area contributed by atoms with Gasteiger partial charge < -0.3 is 27.0 Å². The molecule has 2 unspecified atom stereocenters. The molecule has 0 fully saturated rings. The number of hydrazone groups is 2. The predicted octanol–water partition coefficient (Wildman–Crippen LogP) is 3.22. The molecule has 18 nitrogen and oxygen atoms in total. The number of carbonyl (C=O) groups excluding carboxylic acids is 3. The summed E-state index contributed by atoms with van der Waals surface area (Å²) in [7, 11) is 0. The number of hydrogen-bond donors (Lipinski definition) is 5. The molecule has 2 aliphatic heterocycles. The molecule has 0 saturated carbocycles. The Balaban J connectivity index is 0.00000314. The van der Waals surface area contributed by atoms with Gasteiger partial charge >= 0.3 is 11.9 Å². The van der Waals surface area contributed by atoms with Crippen molar-refractivity contribution in [3.63, 3.8) is 0 Å². The number of benzene rings is 4. The van der Waals surface area contributed by atoms with Gasteiger partial charge in [0.15, 0.2) is 11.4 Å². The van der Waals surface area contributed by atoms with Gasteiger partial charge in [0, 0.05) is 81.7 Å². The summed E-state index contributed by atoms with van der Waals surface area (Å²) < 4.78 is 0. The summed E-state index contributed by atoms with van der Waals surface area (Å²) in [4.78, 5) is 62.9. The van der Waals surface area contributed by atoms with Crippen LogP contribution in [-0.2, 0) is 19.2 Å². The maximum absolute atomic E-state index is 13.1. The van der Waals surface area contributed by atoms with Gasteiger partial charge in [0.1, 0.15) is 0 Å². The molecule has 2 heterocycles. The van der Waals surface area contributed by atoms with Gasteiger partial charge in [-0.15, -0.1) is 0 Å². The SMILES string of the molecule is Nc1cccc(N2N=C(C(=O)O)C(N=Nc3cccc(NC(=O)c4cccc(N=NC5C(=O)N(c6cccc(N)c6)N=C5C(=O)O)c4)c3)C2=O)c1.[Na].[Na]. The first-order valence-electron chi connectivity index (χ1n) is 14.8. The Hall–Kier alpha value is -5.63. The second-order valence-electron chi connectivity index (χ2n) is 10.9. The molecule has 0 bridgehead atoms. The van der Waals surface area contributed by atoms with Crippen LogP contribution in [-0.4, -0.2) is 122 Å². The second-order valence-corrected chi connectivity index (χ2v) is 10.9. The van der Waals surface area contributed by atoms with E-state index in [1.54, 1.807) is 42.5 Å². The van der Waals surface area contributed by atoms with Gasteiger partial charge in [-0.1, -0.05) is 24.3 Å². The van der Waals surface area contributed by atoms with E-state index in [0.717, 1.165) is 10.0 Å². The van der Waals surface area contributed by atoms with E-state index < -0.39 is 53.2 Å². The standard InChI is InChI=1S/C33H25N11O7.2Na/c34-18-6-2-11-23(14-18)43-30(46)25(27(41-43)32(48)49)39-37-21-9-1-5-17(13-21)29(45)36-20-8-4-10-22(16-20)38-40-26-28(33(50)51)42-44(31(26)47)24-12-3-7-19(35)15-24;;/h1-16,25-26H,34-35H2,(H,36,45)(H,48,49)(H,50,51);;.